The van der Waals surface area contributed by atoms with Crippen molar-refractivity contribution in [3.05, 3.63) is 44.4 Å². The van der Waals surface area contributed by atoms with E-state index in [2.05, 4.69) is 32.8 Å². The van der Waals surface area contributed by atoms with Gasteiger partial charge in [-0.05, 0) is 20.3 Å². The van der Waals surface area contributed by atoms with Gasteiger partial charge in [0.1, 0.15) is 12.2 Å². The van der Waals surface area contributed by atoms with E-state index in [9.17, 15) is 0 Å². The van der Waals surface area contributed by atoms with E-state index in [1.807, 2.05) is 13.8 Å². The van der Waals surface area contributed by atoms with Crippen LogP contribution in [0.25, 0.3) is 0 Å². The van der Waals surface area contributed by atoms with Crippen molar-refractivity contribution >= 4 is 0 Å². The summed E-state index contributed by atoms with van der Waals surface area (Å²) < 4.78 is 39.2. The van der Waals surface area contributed by atoms with Crippen molar-refractivity contribution < 1.29 is 49.2 Å². The second kappa shape index (κ2) is 19.9. The third kappa shape index (κ3) is 13.9. The number of hydrogen-bond acceptors (Lipinski definition) is 3. The molecule has 2 atom stereocenters. The third-order valence-electron chi connectivity index (χ3n) is 3.98. The van der Waals surface area contributed by atoms with E-state index < -0.39 is 5.79 Å². The minimum Gasteiger partial charge on any atom is 2.00 e. The molecule has 3 aliphatic rings. The Bertz CT molecular complexity index is 441. The van der Waals surface area contributed by atoms with E-state index in [0.29, 0.717) is 6.61 Å². The number of rotatable bonds is 2. The number of allylic oxidation sites excluding steroid dienone is 2. The summed E-state index contributed by atoms with van der Waals surface area (Å²) in [4.78, 5) is 0. The van der Waals surface area contributed by atoms with Crippen molar-refractivity contribution in [3.63, 3.8) is 0 Å². The molecule has 6 nitrogen and oxygen atoms in total. The number of hydrogen-bond donors (Lipinski definition) is 0. The van der Waals surface area contributed by atoms with Gasteiger partial charge in [-0.25, -0.2) is 6.08 Å². The molecule has 2 aliphatic heterocycles. The topological polar surface area (TPSA) is 87.4 Å². The molecule has 3 rings (SSSR count). The SMILES string of the molecule is C1CCCC1.C=CC1=[C-]O[C@@H]([C@H]2COC(C)(C)O2)CC1.[C-]#[O+].[C-]#[O+].[C-]#[O+].[W+2]. The molecule has 0 aromatic carbocycles. The summed E-state index contributed by atoms with van der Waals surface area (Å²) in [6.45, 7) is 21.6. The van der Waals surface area contributed by atoms with Gasteiger partial charge in [-0.1, -0.05) is 44.8 Å². The summed E-state index contributed by atoms with van der Waals surface area (Å²) in [5.41, 5.74) is 1.03. The zero-order chi connectivity index (χ0) is 20.4. The third-order valence-corrected chi connectivity index (χ3v) is 3.98. The van der Waals surface area contributed by atoms with Crippen molar-refractivity contribution in [2.45, 2.75) is 76.8 Å². The molecular weight excluding hydrogens is 520 g/mol. The van der Waals surface area contributed by atoms with Crippen molar-refractivity contribution in [2.75, 3.05) is 6.61 Å². The monoisotopic (exact) mass is 547 g/mol. The van der Waals surface area contributed by atoms with Gasteiger partial charge in [-0.3, -0.25) is 0 Å². The van der Waals surface area contributed by atoms with E-state index in [1.54, 1.807) is 6.08 Å². The van der Waals surface area contributed by atoms with Crippen LogP contribution in [0.4, 0.5) is 0 Å². The predicted molar refractivity (Wildman–Crippen MR) is 90.8 cm³/mol. The van der Waals surface area contributed by atoms with Crippen LogP contribution in [0.3, 0.4) is 0 Å². The van der Waals surface area contributed by atoms with Crippen LogP contribution in [0.5, 0.6) is 0 Å². The van der Waals surface area contributed by atoms with Crippen LogP contribution in [0, 0.1) is 26.2 Å². The van der Waals surface area contributed by atoms with Crippen LogP contribution in [0.1, 0.15) is 58.8 Å². The standard InChI is InChI=1S/C12H17O3.C5H10.3CO.W/c1-4-9-5-6-10(13-7-9)11-8-14-12(2,3)15-11;1-2-4-5-3-1;3*1-2;/h4,10-11H,1,5-6,8H2,2-3H3;1-5H2;;;;/q-1;;;;;+2/t10-,11-;;;;;/m1...../s1. The van der Waals surface area contributed by atoms with E-state index in [0.717, 1.165) is 18.4 Å². The summed E-state index contributed by atoms with van der Waals surface area (Å²) in [6, 6.07) is 0. The summed E-state index contributed by atoms with van der Waals surface area (Å²) >= 11 is 0. The zero-order valence-electron chi connectivity index (χ0n) is 16.0. The smallest absolute Gasteiger partial charge is 2.00 e. The van der Waals surface area contributed by atoms with E-state index in [-0.39, 0.29) is 33.3 Å². The van der Waals surface area contributed by atoms with Crippen LogP contribution in [0.15, 0.2) is 18.2 Å². The van der Waals surface area contributed by atoms with E-state index in [1.165, 1.54) is 32.1 Å². The predicted octanol–water partition coefficient (Wildman–Crippen LogP) is 4.03. The van der Waals surface area contributed by atoms with Gasteiger partial charge in [0.2, 0.25) is 0 Å². The zero-order valence-corrected chi connectivity index (χ0v) is 18.9. The van der Waals surface area contributed by atoms with Crippen molar-refractivity contribution in [2.24, 2.45) is 0 Å². The first-order valence-electron chi connectivity index (χ1n) is 8.44. The molecule has 1 aliphatic carbocycles. The molecule has 2 fully saturated rings. The van der Waals surface area contributed by atoms with Crippen LogP contribution in [0.2, 0.25) is 0 Å². The summed E-state index contributed by atoms with van der Waals surface area (Å²) in [6.07, 6.45) is 14.2. The molecule has 0 spiro atoms. The molecule has 0 radical (unpaired) electrons. The maximum absolute atomic E-state index is 7.50. The molecule has 1 saturated carbocycles. The summed E-state index contributed by atoms with van der Waals surface area (Å²) in [5.74, 6) is -0.476. The summed E-state index contributed by atoms with van der Waals surface area (Å²) in [7, 11) is 0. The normalized spacial score (nSPS) is 23.8. The van der Waals surface area contributed by atoms with E-state index in [4.69, 9.17) is 28.2 Å². The van der Waals surface area contributed by atoms with Gasteiger partial charge in [0.15, 0.2) is 5.79 Å². The van der Waals surface area contributed by atoms with Gasteiger partial charge in [0.25, 0.3) is 0 Å². The Morgan fingerprint density at radius 2 is 1.48 bits per heavy atom. The van der Waals surface area contributed by atoms with Crippen molar-refractivity contribution in [1.82, 2.24) is 0 Å². The largest absolute Gasteiger partial charge is 2.00 e. The fraction of sp³-hybridized carbons (Fsp3) is 0.650. The Labute approximate surface area is 177 Å². The summed E-state index contributed by atoms with van der Waals surface area (Å²) in [5, 5.41) is 0. The average Bonchev–Trinajstić information content (AvgIpc) is 3.40. The van der Waals surface area contributed by atoms with Gasteiger partial charge >= 0.3 is 55.0 Å². The second-order valence-corrected chi connectivity index (χ2v) is 6.16. The molecule has 0 aromatic heterocycles. The number of ether oxygens (including phenoxy) is 3. The molecule has 0 N–H and O–H groups in total. The van der Waals surface area contributed by atoms with Crippen molar-refractivity contribution in [3.8, 4) is 0 Å². The minimum absolute atomic E-state index is 0. The Balaban J connectivity index is -0.000000403. The fourth-order valence-corrected chi connectivity index (χ4v) is 2.75. The van der Waals surface area contributed by atoms with Crippen LogP contribution in [-0.4, -0.2) is 24.6 Å². The molecule has 27 heavy (non-hydrogen) atoms. The second-order valence-electron chi connectivity index (χ2n) is 6.16. The Morgan fingerprint density at radius 1 is 1.00 bits per heavy atom. The van der Waals surface area contributed by atoms with Crippen LogP contribution < -0.4 is 0 Å². The van der Waals surface area contributed by atoms with Crippen LogP contribution in [-0.2, 0) is 49.2 Å². The van der Waals surface area contributed by atoms with Gasteiger partial charge in [-0.15, -0.1) is 0 Å². The Morgan fingerprint density at radius 3 is 1.78 bits per heavy atom. The van der Waals surface area contributed by atoms with Crippen LogP contribution >= 0.6 is 0 Å². The molecule has 148 valence electrons. The van der Waals surface area contributed by atoms with Gasteiger partial charge in [-0.2, -0.15) is 12.2 Å². The molecule has 0 bridgehead atoms. The molecule has 1 saturated heterocycles. The quantitative estimate of drug-likeness (QED) is 0.387. The van der Waals surface area contributed by atoms with Gasteiger partial charge < -0.3 is 14.2 Å². The Kier molecular flexibility index (Phi) is 22.7. The molecule has 0 amide bonds. The molecule has 2 heterocycles. The van der Waals surface area contributed by atoms with Gasteiger partial charge in [0, 0.05) is 0 Å². The Hall–Kier alpha value is -0.892. The molecular formula is C20H27O6W+. The molecule has 7 heteroatoms. The van der Waals surface area contributed by atoms with Gasteiger partial charge in [0.05, 0.1) is 6.61 Å². The molecule has 0 unspecified atom stereocenters. The first-order chi connectivity index (χ1) is 12.6. The first-order valence-corrected chi connectivity index (χ1v) is 8.44. The maximum Gasteiger partial charge on any atom is 2.00 e. The molecule has 0 aromatic rings. The average molecular weight is 547 g/mol. The minimum atomic E-state index is -0.476. The maximum atomic E-state index is 7.50. The first kappa shape index (κ1) is 30.8. The fourth-order valence-electron chi connectivity index (χ4n) is 2.75. The van der Waals surface area contributed by atoms with E-state index >= 15 is 0 Å². The van der Waals surface area contributed by atoms with Crippen molar-refractivity contribution in [1.29, 1.82) is 0 Å².